The van der Waals surface area contributed by atoms with E-state index in [1.807, 2.05) is 84.9 Å². The standard InChI is InChI=1S/C21H17NO2/c23-20-17-13-7-8-14-18(17)24-21(15-9-3-1-4-10-15)19(20)22-16-11-5-2-6-12-16/h1-14,19,21-22H. The Labute approximate surface area is 140 Å². The maximum atomic E-state index is 13.1. The van der Waals surface area contributed by atoms with Crippen LogP contribution >= 0.6 is 0 Å². The van der Waals surface area contributed by atoms with Gasteiger partial charge in [-0.3, -0.25) is 4.79 Å². The summed E-state index contributed by atoms with van der Waals surface area (Å²) in [4.78, 5) is 13.1. The lowest BCUT2D eigenvalue weighted by Gasteiger charge is -2.33. The van der Waals surface area contributed by atoms with E-state index in [4.69, 9.17) is 4.74 Å². The summed E-state index contributed by atoms with van der Waals surface area (Å²) < 4.78 is 6.19. The number of carbonyl (C=O) groups excluding carboxylic acids is 1. The van der Waals surface area contributed by atoms with Crippen LogP contribution in [0.4, 0.5) is 5.69 Å². The Bertz CT molecular complexity index is 846. The minimum Gasteiger partial charge on any atom is -0.482 e. The van der Waals surface area contributed by atoms with Crippen molar-refractivity contribution in [2.24, 2.45) is 0 Å². The van der Waals surface area contributed by atoms with Crippen LogP contribution in [0.15, 0.2) is 84.9 Å². The molecule has 1 aliphatic heterocycles. The zero-order valence-corrected chi connectivity index (χ0v) is 13.1. The summed E-state index contributed by atoms with van der Waals surface area (Å²) in [5, 5.41) is 3.35. The molecule has 0 saturated heterocycles. The van der Waals surface area contributed by atoms with Crippen molar-refractivity contribution in [3.63, 3.8) is 0 Å². The van der Waals surface area contributed by atoms with E-state index in [2.05, 4.69) is 5.32 Å². The summed E-state index contributed by atoms with van der Waals surface area (Å²) in [6.45, 7) is 0. The Morgan fingerprint density at radius 2 is 1.38 bits per heavy atom. The molecular formula is C21H17NO2. The van der Waals surface area contributed by atoms with Crippen LogP contribution in [0.25, 0.3) is 0 Å². The molecule has 2 unspecified atom stereocenters. The van der Waals surface area contributed by atoms with E-state index in [-0.39, 0.29) is 11.9 Å². The molecule has 1 aliphatic rings. The van der Waals surface area contributed by atoms with Gasteiger partial charge in [-0.2, -0.15) is 0 Å². The monoisotopic (exact) mass is 315 g/mol. The van der Waals surface area contributed by atoms with Crippen LogP contribution in [0.3, 0.4) is 0 Å². The summed E-state index contributed by atoms with van der Waals surface area (Å²) >= 11 is 0. The number of hydrogen-bond acceptors (Lipinski definition) is 3. The van der Waals surface area contributed by atoms with Gasteiger partial charge in [0.2, 0.25) is 0 Å². The van der Waals surface area contributed by atoms with Gasteiger partial charge in [0.25, 0.3) is 0 Å². The van der Waals surface area contributed by atoms with Gasteiger partial charge in [0, 0.05) is 5.69 Å². The van der Waals surface area contributed by atoms with Crippen molar-refractivity contribution in [1.29, 1.82) is 0 Å². The van der Waals surface area contributed by atoms with Gasteiger partial charge in [-0.05, 0) is 29.8 Å². The highest BCUT2D eigenvalue weighted by Gasteiger charge is 2.38. The van der Waals surface area contributed by atoms with E-state index < -0.39 is 6.04 Å². The zero-order chi connectivity index (χ0) is 16.4. The topological polar surface area (TPSA) is 38.3 Å². The summed E-state index contributed by atoms with van der Waals surface area (Å²) in [5.41, 5.74) is 2.51. The van der Waals surface area contributed by atoms with E-state index in [1.165, 1.54) is 0 Å². The number of benzene rings is 3. The van der Waals surface area contributed by atoms with Crippen molar-refractivity contribution in [3.05, 3.63) is 96.1 Å². The van der Waals surface area contributed by atoms with Gasteiger partial charge in [-0.1, -0.05) is 60.7 Å². The van der Waals surface area contributed by atoms with E-state index in [0.717, 1.165) is 11.3 Å². The van der Waals surface area contributed by atoms with Gasteiger partial charge < -0.3 is 10.1 Å². The van der Waals surface area contributed by atoms with Crippen LogP contribution in [-0.4, -0.2) is 11.8 Å². The summed E-state index contributed by atoms with van der Waals surface area (Å²) in [6, 6.07) is 26.6. The second kappa shape index (κ2) is 6.20. The van der Waals surface area contributed by atoms with Crippen molar-refractivity contribution in [3.8, 4) is 5.75 Å². The summed E-state index contributed by atoms with van der Waals surface area (Å²) in [6.07, 6.45) is -0.367. The number of anilines is 1. The Balaban J connectivity index is 1.76. The van der Waals surface area contributed by atoms with Crippen molar-refractivity contribution >= 4 is 11.5 Å². The maximum absolute atomic E-state index is 13.1. The highest BCUT2D eigenvalue weighted by Crippen LogP contribution is 2.36. The van der Waals surface area contributed by atoms with Crippen molar-refractivity contribution in [2.45, 2.75) is 12.1 Å². The molecule has 2 atom stereocenters. The first kappa shape index (κ1) is 14.5. The van der Waals surface area contributed by atoms with Crippen LogP contribution in [0.1, 0.15) is 22.0 Å². The largest absolute Gasteiger partial charge is 0.482 e. The molecule has 0 saturated carbocycles. The first-order valence-corrected chi connectivity index (χ1v) is 7.99. The highest BCUT2D eigenvalue weighted by atomic mass is 16.5. The van der Waals surface area contributed by atoms with Gasteiger partial charge in [0.1, 0.15) is 11.8 Å². The predicted octanol–water partition coefficient (Wildman–Crippen LogP) is 4.48. The molecule has 3 heteroatoms. The number of carbonyl (C=O) groups is 1. The Hall–Kier alpha value is -3.07. The lowest BCUT2D eigenvalue weighted by Crippen LogP contribution is -2.42. The number of hydrogen-bond donors (Lipinski definition) is 1. The Morgan fingerprint density at radius 3 is 2.12 bits per heavy atom. The van der Waals surface area contributed by atoms with E-state index in [9.17, 15) is 4.79 Å². The van der Waals surface area contributed by atoms with Gasteiger partial charge in [0.05, 0.1) is 5.56 Å². The number of Topliss-reactive ketones (excluding diaryl/α,β-unsaturated/α-hetero) is 1. The zero-order valence-electron chi connectivity index (χ0n) is 13.1. The predicted molar refractivity (Wildman–Crippen MR) is 94.4 cm³/mol. The molecule has 3 aromatic carbocycles. The fourth-order valence-corrected chi connectivity index (χ4v) is 3.04. The van der Waals surface area contributed by atoms with Crippen LogP contribution < -0.4 is 10.1 Å². The molecule has 3 aromatic rings. The van der Waals surface area contributed by atoms with E-state index >= 15 is 0 Å². The molecule has 0 amide bonds. The van der Waals surface area contributed by atoms with Crippen molar-refractivity contribution in [2.75, 3.05) is 5.32 Å². The lowest BCUT2D eigenvalue weighted by atomic mass is 9.91. The number of rotatable bonds is 3. The fourth-order valence-electron chi connectivity index (χ4n) is 3.04. The molecule has 0 spiro atoms. The maximum Gasteiger partial charge on any atom is 0.192 e. The fraction of sp³-hybridized carbons (Fsp3) is 0.0952. The second-order valence-corrected chi connectivity index (χ2v) is 5.80. The summed E-state index contributed by atoms with van der Waals surface area (Å²) in [5.74, 6) is 0.692. The van der Waals surface area contributed by atoms with Crippen LogP contribution in [0, 0.1) is 0 Å². The summed E-state index contributed by atoms with van der Waals surface area (Å²) in [7, 11) is 0. The van der Waals surface area contributed by atoms with Gasteiger partial charge in [0.15, 0.2) is 11.9 Å². The normalized spacial score (nSPS) is 19.2. The van der Waals surface area contributed by atoms with E-state index in [0.29, 0.717) is 11.3 Å². The van der Waals surface area contributed by atoms with Crippen molar-refractivity contribution in [1.82, 2.24) is 0 Å². The third kappa shape index (κ3) is 2.65. The third-order valence-electron chi connectivity index (χ3n) is 4.22. The molecule has 0 aliphatic carbocycles. The molecule has 0 radical (unpaired) electrons. The Morgan fingerprint density at radius 1 is 0.750 bits per heavy atom. The Kier molecular flexibility index (Phi) is 3.75. The number of ether oxygens (including phenoxy) is 1. The quantitative estimate of drug-likeness (QED) is 0.774. The number of nitrogens with one attached hydrogen (secondary N) is 1. The van der Waals surface area contributed by atoms with Gasteiger partial charge in [-0.25, -0.2) is 0 Å². The van der Waals surface area contributed by atoms with Gasteiger partial charge >= 0.3 is 0 Å². The molecule has 0 aromatic heterocycles. The molecule has 0 bridgehead atoms. The van der Waals surface area contributed by atoms with E-state index in [1.54, 1.807) is 0 Å². The molecule has 4 rings (SSSR count). The first-order chi connectivity index (χ1) is 11.8. The van der Waals surface area contributed by atoms with Crippen molar-refractivity contribution < 1.29 is 9.53 Å². The van der Waals surface area contributed by atoms with Crippen LogP contribution in [-0.2, 0) is 0 Å². The minimum atomic E-state index is -0.468. The lowest BCUT2D eigenvalue weighted by molar-refractivity contribution is 0.0812. The molecule has 3 nitrogen and oxygen atoms in total. The minimum absolute atomic E-state index is 0.0505. The SMILES string of the molecule is O=C1c2ccccc2OC(c2ccccc2)C1Nc1ccccc1. The molecule has 0 fully saturated rings. The smallest absolute Gasteiger partial charge is 0.192 e. The molecule has 1 N–H and O–H groups in total. The highest BCUT2D eigenvalue weighted by molar-refractivity contribution is 6.05. The number of ketones is 1. The van der Waals surface area contributed by atoms with Crippen LogP contribution in [0.2, 0.25) is 0 Å². The van der Waals surface area contributed by atoms with Gasteiger partial charge in [-0.15, -0.1) is 0 Å². The molecular weight excluding hydrogens is 298 g/mol. The third-order valence-corrected chi connectivity index (χ3v) is 4.22. The number of fused-ring (bicyclic) bond motifs is 1. The number of para-hydroxylation sites is 2. The molecule has 118 valence electrons. The second-order valence-electron chi connectivity index (χ2n) is 5.80. The van der Waals surface area contributed by atoms with Crippen LogP contribution in [0.5, 0.6) is 5.75 Å². The molecule has 1 heterocycles. The first-order valence-electron chi connectivity index (χ1n) is 7.99. The molecule has 24 heavy (non-hydrogen) atoms. The average molecular weight is 315 g/mol. The average Bonchev–Trinajstić information content (AvgIpc) is 2.65.